The Hall–Kier alpha value is -2.56. The number of nitrogens with zero attached hydrogens (tertiary/aromatic N) is 3. The fourth-order valence-electron chi connectivity index (χ4n) is 2.69. The van der Waals surface area contributed by atoms with Crippen LogP contribution >= 0.6 is 0 Å². The third kappa shape index (κ3) is 2.88. The molecule has 2 aromatic rings. The molecule has 0 aliphatic carbocycles. The molecule has 1 fully saturated rings. The molecule has 1 aromatic heterocycles. The molecule has 0 spiro atoms. The molecule has 0 bridgehead atoms. The van der Waals surface area contributed by atoms with Crippen LogP contribution in [0.2, 0.25) is 0 Å². The van der Waals surface area contributed by atoms with Crippen LogP contribution in [0, 0.1) is 0 Å². The maximum atomic E-state index is 12.5. The van der Waals surface area contributed by atoms with Gasteiger partial charge in [-0.2, -0.15) is 0 Å². The maximum absolute atomic E-state index is 12.5. The predicted octanol–water partition coefficient (Wildman–Crippen LogP) is 1.78. The van der Waals surface area contributed by atoms with E-state index in [2.05, 4.69) is 0 Å². The average Bonchev–Trinajstić information content (AvgIpc) is 3.09. The molecule has 2 heterocycles. The second kappa shape index (κ2) is 6.05. The van der Waals surface area contributed by atoms with Crippen molar-refractivity contribution in [2.24, 2.45) is 0 Å². The van der Waals surface area contributed by atoms with Gasteiger partial charge >= 0.3 is 0 Å². The Morgan fingerprint density at radius 2 is 1.41 bits per heavy atom. The zero-order chi connectivity index (χ0) is 15.5. The Morgan fingerprint density at radius 3 is 1.95 bits per heavy atom. The largest absolute Gasteiger partial charge is 0.339 e. The van der Waals surface area contributed by atoms with Gasteiger partial charge in [-0.15, -0.1) is 0 Å². The first-order chi connectivity index (χ1) is 10.6. The lowest BCUT2D eigenvalue weighted by molar-refractivity contribution is -0.130. The van der Waals surface area contributed by atoms with Crippen LogP contribution in [0.5, 0.6) is 0 Å². The molecule has 5 heteroatoms. The van der Waals surface area contributed by atoms with Gasteiger partial charge in [-0.05, 0) is 36.4 Å². The minimum absolute atomic E-state index is 0.0299. The van der Waals surface area contributed by atoms with Gasteiger partial charge in [-0.3, -0.25) is 9.59 Å². The first kappa shape index (κ1) is 14.4. The van der Waals surface area contributed by atoms with Crippen molar-refractivity contribution in [3.63, 3.8) is 0 Å². The van der Waals surface area contributed by atoms with Gasteiger partial charge in [0, 0.05) is 56.7 Å². The average molecular weight is 297 g/mol. The number of benzene rings is 1. The van der Waals surface area contributed by atoms with E-state index in [1.807, 2.05) is 58.3 Å². The van der Waals surface area contributed by atoms with Crippen LogP contribution in [0.1, 0.15) is 17.3 Å². The summed E-state index contributed by atoms with van der Waals surface area (Å²) < 4.78 is 2.00. The van der Waals surface area contributed by atoms with Crippen molar-refractivity contribution in [3.8, 4) is 5.69 Å². The number of amides is 2. The summed E-state index contributed by atoms with van der Waals surface area (Å²) in [4.78, 5) is 27.4. The molecule has 5 nitrogen and oxygen atoms in total. The van der Waals surface area contributed by atoms with Crippen molar-refractivity contribution in [3.05, 3.63) is 54.4 Å². The quantitative estimate of drug-likeness (QED) is 0.848. The van der Waals surface area contributed by atoms with E-state index in [-0.39, 0.29) is 11.8 Å². The second-order valence-electron chi connectivity index (χ2n) is 5.44. The Bertz CT molecular complexity index is 654. The SMILES string of the molecule is CC(=O)N1CCN(C(=O)c2ccc(-n3cccc3)cc2)CC1. The van der Waals surface area contributed by atoms with Crippen molar-refractivity contribution in [2.75, 3.05) is 26.2 Å². The van der Waals surface area contributed by atoms with Gasteiger partial charge in [0.1, 0.15) is 0 Å². The summed E-state index contributed by atoms with van der Waals surface area (Å²) in [5.74, 6) is 0.102. The summed E-state index contributed by atoms with van der Waals surface area (Å²) in [7, 11) is 0. The zero-order valence-electron chi connectivity index (χ0n) is 12.6. The van der Waals surface area contributed by atoms with Crippen LogP contribution in [-0.4, -0.2) is 52.4 Å². The lowest BCUT2D eigenvalue weighted by atomic mass is 10.1. The third-order valence-electron chi connectivity index (χ3n) is 4.03. The first-order valence-electron chi connectivity index (χ1n) is 7.43. The van der Waals surface area contributed by atoms with Gasteiger partial charge in [0.05, 0.1) is 0 Å². The molecule has 22 heavy (non-hydrogen) atoms. The molecule has 1 aliphatic heterocycles. The molecular formula is C17H19N3O2. The number of rotatable bonds is 2. The molecular weight excluding hydrogens is 278 g/mol. The summed E-state index contributed by atoms with van der Waals surface area (Å²) in [6.07, 6.45) is 3.94. The first-order valence-corrected chi connectivity index (χ1v) is 7.43. The van der Waals surface area contributed by atoms with Gasteiger partial charge in [0.2, 0.25) is 5.91 Å². The van der Waals surface area contributed by atoms with Crippen LogP contribution in [0.3, 0.4) is 0 Å². The van der Waals surface area contributed by atoms with Crippen molar-refractivity contribution >= 4 is 11.8 Å². The van der Waals surface area contributed by atoms with Crippen LogP contribution in [0.4, 0.5) is 0 Å². The Balaban J connectivity index is 1.67. The van der Waals surface area contributed by atoms with Crippen molar-refractivity contribution in [2.45, 2.75) is 6.92 Å². The van der Waals surface area contributed by atoms with Crippen LogP contribution in [0.25, 0.3) is 5.69 Å². The number of hydrogen-bond donors (Lipinski definition) is 0. The molecule has 0 radical (unpaired) electrons. The molecule has 114 valence electrons. The topological polar surface area (TPSA) is 45.6 Å². The summed E-state index contributed by atoms with van der Waals surface area (Å²) in [6.45, 7) is 3.98. The monoisotopic (exact) mass is 297 g/mol. The van der Waals surface area contributed by atoms with Gasteiger partial charge in [0.15, 0.2) is 0 Å². The van der Waals surface area contributed by atoms with Crippen molar-refractivity contribution in [1.29, 1.82) is 0 Å². The van der Waals surface area contributed by atoms with Crippen LogP contribution in [-0.2, 0) is 4.79 Å². The lowest BCUT2D eigenvalue weighted by Crippen LogP contribution is -2.50. The molecule has 1 aromatic carbocycles. The van der Waals surface area contributed by atoms with E-state index < -0.39 is 0 Å². The minimum Gasteiger partial charge on any atom is -0.339 e. The summed E-state index contributed by atoms with van der Waals surface area (Å²) in [5, 5.41) is 0. The van der Waals surface area contributed by atoms with E-state index in [9.17, 15) is 9.59 Å². The molecule has 2 amide bonds. The second-order valence-corrected chi connectivity index (χ2v) is 5.44. The summed E-state index contributed by atoms with van der Waals surface area (Å²) >= 11 is 0. The molecule has 0 unspecified atom stereocenters. The summed E-state index contributed by atoms with van der Waals surface area (Å²) in [5.41, 5.74) is 1.72. The Kier molecular flexibility index (Phi) is 3.96. The highest BCUT2D eigenvalue weighted by atomic mass is 16.2. The molecule has 0 N–H and O–H groups in total. The van der Waals surface area contributed by atoms with E-state index in [1.54, 1.807) is 11.8 Å². The van der Waals surface area contributed by atoms with Gasteiger partial charge in [-0.25, -0.2) is 0 Å². The van der Waals surface area contributed by atoms with E-state index >= 15 is 0 Å². The molecule has 3 rings (SSSR count). The smallest absolute Gasteiger partial charge is 0.253 e. The molecule has 1 saturated heterocycles. The molecule has 0 atom stereocenters. The van der Waals surface area contributed by atoms with Gasteiger partial charge in [0.25, 0.3) is 5.91 Å². The number of hydrogen-bond acceptors (Lipinski definition) is 2. The van der Waals surface area contributed by atoms with E-state index in [0.717, 1.165) is 5.69 Å². The fourth-order valence-corrected chi connectivity index (χ4v) is 2.69. The Labute approximate surface area is 129 Å². The Morgan fingerprint density at radius 1 is 0.864 bits per heavy atom. The van der Waals surface area contributed by atoms with Crippen LogP contribution < -0.4 is 0 Å². The summed E-state index contributed by atoms with van der Waals surface area (Å²) in [6, 6.07) is 11.5. The van der Waals surface area contributed by atoms with Crippen molar-refractivity contribution in [1.82, 2.24) is 14.4 Å². The number of piperazine rings is 1. The predicted molar refractivity (Wildman–Crippen MR) is 83.9 cm³/mol. The zero-order valence-corrected chi connectivity index (χ0v) is 12.6. The van der Waals surface area contributed by atoms with Gasteiger partial charge < -0.3 is 14.4 Å². The number of carbonyl (C=O) groups excluding carboxylic acids is 2. The molecule has 0 saturated carbocycles. The fraction of sp³-hybridized carbons (Fsp3) is 0.294. The molecule has 1 aliphatic rings. The highest BCUT2D eigenvalue weighted by Gasteiger charge is 2.23. The maximum Gasteiger partial charge on any atom is 0.253 e. The highest BCUT2D eigenvalue weighted by Crippen LogP contribution is 2.13. The lowest BCUT2D eigenvalue weighted by Gasteiger charge is -2.34. The number of carbonyl (C=O) groups is 2. The van der Waals surface area contributed by atoms with Gasteiger partial charge in [-0.1, -0.05) is 0 Å². The van der Waals surface area contributed by atoms with Crippen molar-refractivity contribution < 1.29 is 9.59 Å². The van der Waals surface area contributed by atoms with E-state index in [0.29, 0.717) is 31.7 Å². The van der Waals surface area contributed by atoms with E-state index in [4.69, 9.17) is 0 Å². The van der Waals surface area contributed by atoms with Crippen LogP contribution in [0.15, 0.2) is 48.8 Å². The minimum atomic E-state index is 0.0299. The standard InChI is InChI=1S/C17H19N3O2/c1-14(21)18-10-12-20(13-11-18)17(22)15-4-6-16(7-5-15)19-8-2-3-9-19/h2-9H,10-13H2,1H3. The third-order valence-corrected chi connectivity index (χ3v) is 4.03. The highest BCUT2D eigenvalue weighted by molar-refractivity contribution is 5.94. The normalized spacial score (nSPS) is 15.0. The number of aromatic nitrogens is 1. The van der Waals surface area contributed by atoms with E-state index in [1.165, 1.54) is 0 Å².